The summed E-state index contributed by atoms with van der Waals surface area (Å²) in [5.41, 5.74) is 17.6. The van der Waals surface area contributed by atoms with Crippen LogP contribution in [0.25, 0.3) is 66.3 Å². The molecule has 0 unspecified atom stereocenters. The minimum atomic E-state index is 0.907. The maximum Gasteiger partial charge on any atom is 0.143 e. The fourth-order valence-corrected chi connectivity index (χ4v) is 9.72. The van der Waals surface area contributed by atoms with Crippen molar-refractivity contribution in [3.8, 4) is 33.4 Å². The summed E-state index contributed by atoms with van der Waals surface area (Å²) in [6, 6.07) is 77.9. The predicted octanol–water partition coefficient (Wildman–Crippen LogP) is 17.2. The molecule has 2 heterocycles. The quantitative estimate of drug-likeness (QED) is 0.145. The maximum atomic E-state index is 6.52. The van der Waals surface area contributed by atoms with E-state index in [2.05, 4.69) is 216 Å². The molecule has 0 saturated heterocycles. The number of fused-ring (bicyclic) bond motifs is 6. The molecular weight excluding hydrogens is 781 g/mol. The smallest absolute Gasteiger partial charge is 0.143 e. The van der Waals surface area contributed by atoms with Gasteiger partial charge in [-0.25, -0.2) is 0 Å². The van der Waals surface area contributed by atoms with Gasteiger partial charge in [0.05, 0.1) is 0 Å². The average molecular weight is 825 g/mol. The van der Waals surface area contributed by atoms with Crippen LogP contribution < -0.4 is 9.80 Å². The Balaban J connectivity index is 0.830. The van der Waals surface area contributed by atoms with Crippen molar-refractivity contribution >= 4 is 67.0 Å². The Labute approximate surface area is 372 Å². The Morgan fingerprint density at radius 2 is 0.703 bits per heavy atom. The molecule has 306 valence electrons. The van der Waals surface area contributed by atoms with Crippen molar-refractivity contribution in [1.29, 1.82) is 0 Å². The third-order valence-corrected chi connectivity index (χ3v) is 12.9. The molecule has 12 rings (SSSR count). The number of hydrogen-bond donors (Lipinski definition) is 0. The molecule has 0 radical (unpaired) electrons. The van der Waals surface area contributed by atoms with Crippen molar-refractivity contribution in [1.82, 2.24) is 0 Å². The highest BCUT2D eigenvalue weighted by Gasteiger charge is 2.21. The molecule has 0 amide bonds. The fraction of sp³-hybridized carbons (Fsp3) is 0.0667. The second kappa shape index (κ2) is 16.0. The van der Waals surface area contributed by atoms with Gasteiger partial charge in [0.2, 0.25) is 0 Å². The molecular formula is C60H44N2O2. The van der Waals surface area contributed by atoms with Gasteiger partial charge in [-0.15, -0.1) is 0 Å². The van der Waals surface area contributed by atoms with Gasteiger partial charge in [0.1, 0.15) is 22.5 Å². The van der Waals surface area contributed by atoms with E-state index < -0.39 is 0 Å². The van der Waals surface area contributed by atoms with Gasteiger partial charge in [0.25, 0.3) is 0 Å². The second-order valence-electron chi connectivity index (χ2n) is 16.7. The van der Waals surface area contributed by atoms with E-state index in [1.807, 2.05) is 12.1 Å². The monoisotopic (exact) mass is 824 g/mol. The van der Waals surface area contributed by atoms with E-state index in [1.165, 1.54) is 29.6 Å². The van der Waals surface area contributed by atoms with Crippen molar-refractivity contribution in [2.24, 2.45) is 0 Å². The lowest BCUT2D eigenvalue weighted by atomic mass is 9.94. The molecule has 1 aliphatic rings. The van der Waals surface area contributed by atoms with Crippen LogP contribution in [0.5, 0.6) is 0 Å². The van der Waals surface area contributed by atoms with Crippen LogP contribution in [0.2, 0.25) is 0 Å². The lowest BCUT2D eigenvalue weighted by Gasteiger charge is -2.26. The Kier molecular flexibility index (Phi) is 9.41. The van der Waals surface area contributed by atoms with E-state index in [0.29, 0.717) is 0 Å². The maximum absolute atomic E-state index is 6.52. The number of aryl methyl sites for hydroxylation is 2. The van der Waals surface area contributed by atoms with Gasteiger partial charge in [-0.1, -0.05) is 140 Å². The minimum Gasteiger partial charge on any atom is -0.460 e. The summed E-state index contributed by atoms with van der Waals surface area (Å²) in [5, 5.41) is 3.54. The lowest BCUT2D eigenvalue weighted by molar-refractivity contribution is 0.506. The van der Waals surface area contributed by atoms with Gasteiger partial charge in [0, 0.05) is 73.4 Å². The molecule has 0 atom stereocenters. The van der Waals surface area contributed by atoms with Crippen molar-refractivity contribution < 1.29 is 8.83 Å². The Bertz CT molecular complexity index is 3400. The van der Waals surface area contributed by atoms with E-state index in [4.69, 9.17) is 8.83 Å². The van der Waals surface area contributed by atoms with E-state index in [-0.39, 0.29) is 0 Å². The summed E-state index contributed by atoms with van der Waals surface area (Å²) >= 11 is 0. The Hall–Kier alpha value is -8.08. The molecule has 0 saturated carbocycles. The second-order valence-corrected chi connectivity index (χ2v) is 16.7. The van der Waals surface area contributed by atoms with Crippen LogP contribution >= 0.6 is 0 Å². The summed E-state index contributed by atoms with van der Waals surface area (Å²) in [6.07, 6.45) is 4.57. The zero-order valence-electron chi connectivity index (χ0n) is 35.3. The minimum absolute atomic E-state index is 0.907. The summed E-state index contributed by atoms with van der Waals surface area (Å²) in [5.74, 6) is 1.17. The van der Waals surface area contributed by atoms with Crippen molar-refractivity contribution in [3.05, 3.63) is 230 Å². The van der Waals surface area contributed by atoms with Crippen LogP contribution in [0.15, 0.2) is 227 Å². The number of para-hydroxylation sites is 5. The Morgan fingerprint density at radius 1 is 0.297 bits per heavy atom. The first kappa shape index (κ1) is 37.7. The molecule has 0 fully saturated rings. The van der Waals surface area contributed by atoms with E-state index in [0.717, 1.165) is 108 Å². The molecule has 0 bridgehead atoms. The van der Waals surface area contributed by atoms with Crippen LogP contribution in [0.1, 0.15) is 24.2 Å². The molecule has 4 heteroatoms. The number of furan rings is 2. The standard InChI is InChI=1S/C60H44N2O2/c1-3-13-45(14-4-1)61(49-37-29-43(30-38-49)51-19-11-21-55-53-17-7-9-23-57(53)63-59(51)55)47-33-25-41(26-34-47)42-27-35-48(36-28-42)62(46-15-5-2-6-16-46)50-39-31-44(32-40-50)52-20-12-22-56-54-18-8-10-24-58(54)64-60(52)56/h1-7,9,11-17,19-23,25-40H,8,10,18,24H2. The zero-order chi connectivity index (χ0) is 42.4. The molecule has 9 aromatic carbocycles. The van der Waals surface area contributed by atoms with E-state index in [9.17, 15) is 0 Å². The SMILES string of the molecule is c1ccc(N(c2ccc(-c3ccc(N(c4ccccc4)c4ccc(-c5cccc6c5oc5ccccc56)cc4)cc3)cc2)c2ccc(-c3cccc4c5c(oc34)CCCC5)cc2)cc1. The molecule has 0 spiro atoms. The normalized spacial score (nSPS) is 12.4. The zero-order valence-corrected chi connectivity index (χ0v) is 35.3. The third kappa shape index (κ3) is 6.72. The molecule has 4 nitrogen and oxygen atoms in total. The van der Waals surface area contributed by atoms with Crippen LogP contribution in [0, 0.1) is 0 Å². The molecule has 0 N–H and O–H groups in total. The number of benzene rings is 9. The Morgan fingerprint density at radius 3 is 1.23 bits per heavy atom. The predicted molar refractivity (Wildman–Crippen MR) is 266 cm³/mol. The van der Waals surface area contributed by atoms with Gasteiger partial charge >= 0.3 is 0 Å². The van der Waals surface area contributed by atoms with E-state index in [1.54, 1.807) is 0 Å². The number of hydrogen-bond acceptors (Lipinski definition) is 4. The average Bonchev–Trinajstić information content (AvgIpc) is 3.95. The number of anilines is 6. The molecule has 0 aliphatic heterocycles. The third-order valence-electron chi connectivity index (χ3n) is 12.9. The van der Waals surface area contributed by atoms with Crippen LogP contribution in [-0.2, 0) is 12.8 Å². The molecule has 64 heavy (non-hydrogen) atoms. The van der Waals surface area contributed by atoms with Crippen LogP contribution in [0.3, 0.4) is 0 Å². The van der Waals surface area contributed by atoms with Crippen LogP contribution in [0.4, 0.5) is 34.1 Å². The topological polar surface area (TPSA) is 32.8 Å². The number of rotatable bonds is 9. The summed E-state index contributed by atoms with van der Waals surface area (Å²) in [4.78, 5) is 4.63. The van der Waals surface area contributed by atoms with Crippen molar-refractivity contribution in [2.75, 3.05) is 9.80 Å². The van der Waals surface area contributed by atoms with Gasteiger partial charge < -0.3 is 18.6 Å². The largest absolute Gasteiger partial charge is 0.460 e. The van der Waals surface area contributed by atoms with Crippen molar-refractivity contribution in [3.63, 3.8) is 0 Å². The highest BCUT2D eigenvalue weighted by molar-refractivity contribution is 6.09. The first-order valence-corrected chi connectivity index (χ1v) is 22.3. The first-order valence-electron chi connectivity index (χ1n) is 22.3. The fourth-order valence-electron chi connectivity index (χ4n) is 9.72. The van der Waals surface area contributed by atoms with Crippen molar-refractivity contribution in [2.45, 2.75) is 25.7 Å². The molecule has 11 aromatic rings. The summed E-state index contributed by atoms with van der Waals surface area (Å²) in [7, 11) is 0. The lowest BCUT2D eigenvalue weighted by Crippen LogP contribution is -2.10. The van der Waals surface area contributed by atoms with Gasteiger partial charge in [-0.05, 0) is 120 Å². The summed E-state index contributed by atoms with van der Waals surface area (Å²) < 4.78 is 12.9. The van der Waals surface area contributed by atoms with Gasteiger partial charge in [-0.2, -0.15) is 0 Å². The highest BCUT2D eigenvalue weighted by atomic mass is 16.3. The van der Waals surface area contributed by atoms with Gasteiger partial charge in [0.15, 0.2) is 0 Å². The summed E-state index contributed by atoms with van der Waals surface area (Å²) in [6.45, 7) is 0. The molecule has 1 aliphatic carbocycles. The van der Waals surface area contributed by atoms with Crippen LogP contribution in [-0.4, -0.2) is 0 Å². The highest BCUT2D eigenvalue weighted by Crippen LogP contribution is 2.42. The number of nitrogens with zero attached hydrogens (tertiary/aromatic N) is 2. The van der Waals surface area contributed by atoms with Gasteiger partial charge in [-0.3, -0.25) is 0 Å². The molecule has 2 aromatic heterocycles. The first-order chi connectivity index (χ1) is 31.7. The van der Waals surface area contributed by atoms with E-state index >= 15 is 0 Å².